The van der Waals surface area contributed by atoms with Gasteiger partial charge in [-0.2, -0.15) is 0 Å². The molecule has 18 heavy (non-hydrogen) atoms. The largest absolute Gasteiger partial charge is 0.393 e. The van der Waals surface area contributed by atoms with E-state index in [1.807, 2.05) is 43.3 Å². The molecule has 3 unspecified atom stereocenters. The van der Waals surface area contributed by atoms with Crippen LogP contribution in [0.25, 0.3) is 0 Å². The van der Waals surface area contributed by atoms with Gasteiger partial charge in [0.15, 0.2) is 0 Å². The second kappa shape index (κ2) is 4.09. The van der Waals surface area contributed by atoms with Gasteiger partial charge in [-0.1, -0.05) is 36.4 Å². The third-order valence-corrected chi connectivity index (χ3v) is 3.88. The molecular formula is C15H14O3. The van der Waals surface area contributed by atoms with E-state index in [0.29, 0.717) is 6.42 Å². The highest BCUT2D eigenvalue weighted by atomic mass is 16.6. The molecule has 92 valence electrons. The smallest absolute Gasteiger partial charge is 0.318 e. The first-order valence-electron chi connectivity index (χ1n) is 6.16. The zero-order valence-corrected chi connectivity index (χ0v) is 10.1. The summed E-state index contributed by atoms with van der Waals surface area (Å²) in [6.07, 6.45) is 4.62. The molecule has 0 saturated carbocycles. The number of cyclic esters (lactones) is 2. The standard InChI is InChI=1S/C15H14O3/c1-9-5-2-3-6-10(9)11-7-4-8-12-13(11)15(17)18-14(12)16/h2-7,11-13H,8H2,1H3. The third kappa shape index (κ3) is 1.58. The van der Waals surface area contributed by atoms with E-state index in [2.05, 4.69) is 0 Å². The minimum atomic E-state index is -0.373. The highest BCUT2D eigenvalue weighted by Gasteiger charge is 2.49. The van der Waals surface area contributed by atoms with Crippen LogP contribution in [-0.2, 0) is 14.3 Å². The molecule has 1 saturated heterocycles. The van der Waals surface area contributed by atoms with Gasteiger partial charge >= 0.3 is 11.9 Å². The van der Waals surface area contributed by atoms with E-state index in [4.69, 9.17) is 4.74 Å². The Morgan fingerprint density at radius 3 is 2.72 bits per heavy atom. The fourth-order valence-corrected chi connectivity index (χ4v) is 2.94. The third-order valence-electron chi connectivity index (χ3n) is 3.88. The van der Waals surface area contributed by atoms with Crippen LogP contribution in [0.4, 0.5) is 0 Å². The number of hydrogen-bond acceptors (Lipinski definition) is 3. The van der Waals surface area contributed by atoms with Crippen molar-refractivity contribution in [2.75, 3.05) is 0 Å². The zero-order valence-electron chi connectivity index (χ0n) is 10.1. The van der Waals surface area contributed by atoms with Gasteiger partial charge in [-0.25, -0.2) is 0 Å². The van der Waals surface area contributed by atoms with Crippen LogP contribution in [0, 0.1) is 18.8 Å². The van der Waals surface area contributed by atoms with Crippen LogP contribution in [0.15, 0.2) is 36.4 Å². The summed E-state index contributed by atoms with van der Waals surface area (Å²) in [5.41, 5.74) is 2.25. The summed E-state index contributed by atoms with van der Waals surface area (Å²) in [7, 11) is 0. The van der Waals surface area contributed by atoms with Crippen LogP contribution >= 0.6 is 0 Å². The summed E-state index contributed by atoms with van der Waals surface area (Å²) in [5, 5.41) is 0. The lowest BCUT2D eigenvalue weighted by Crippen LogP contribution is -2.26. The molecule has 3 atom stereocenters. The van der Waals surface area contributed by atoms with Crippen LogP contribution in [0.1, 0.15) is 23.5 Å². The lowest BCUT2D eigenvalue weighted by atomic mass is 9.73. The van der Waals surface area contributed by atoms with E-state index in [0.717, 1.165) is 11.1 Å². The summed E-state index contributed by atoms with van der Waals surface area (Å²) in [6.45, 7) is 2.02. The van der Waals surface area contributed by atoms with Gasteiger partial charge in [0, 0.05) is 5.92 Å². The van der Waals surface area contributed by atoms with Crippen molar-refractivity contribution in [3.63, 3.8) is 0 Å². The molecule has 3 rings (SSSR count). The first kappa shape index (κ1) is 11.2. The number of hydrogen-bond donors (Lipinski definition) is 0. The summed E-state index contributed by atoms with van der Waals surface area (Å²) in [6, 6.07) is 7.97. The van der Waals surface area contributed by atoms with Crippen LogP contribution in [0.2, 0.25) is 0 Å². The quantitative estimate of drug-likeness (QED) is 0.431. The van der Waals surface area contributed by atoms with Crippen molar-refractivity contribution in [2.24, 2.45) is 11.8 Å². The lowest BCUT2D eigenvalue weighted by Gasteiger charge is -2.26. The highest BCUT2D eigenvalue weighted by molar-refractivity contribution is 5.97. The Bertz CT molecular complexity index is 544. The Labute approximate surface area is 105 Å². The van der Waals surface area contributed by atoms with Crippen LogP contribution in [0.5, 0.6) is 0 Å². The summed E-state index contributed by atoms with van der Waals surface area (Å²) in [5.74, 6) is -1.42. The molecule has 3 nitrogen and oxygen atoms in total. The Morgan fingerprint density at radius 2 is 1.94 bits per heavy atom. The maximum absolute atomic E-state index is 11.8. The van der Waals surface area contributed by atoms with Gasteiger partial charge in [-0.15, -0.1) is 0 Å². The van der Waals surface area contributed by atoms with Crippen molar-refractivity contribution < 1.29 is 14.3 Å². The van der Waals surface area contributed by atoms with Crippen LogP contribution in [0.3, 0.4) is 0 Å². The maximum atomic E-state index is 11.8. The fourth-order valence-electron chi connectivity index (χ4n) is 2.94. The van der Waals surface area contributed by atoms with Crippen LogP contribution in [-0.4, -0.2) is 11.9 Å². The molecule has 1 aromatic rings. The number of fused-ring (bicyclic) bond motifs is 1. The first-order chi connectivity index (χ1) is 8.68. The van der Waals surface area contributed by atoms with Gasteiger partial charge in [0.1, 0.15) is 0 Å². The van der Waals surface area contributed by atoms with E-state index < -0.39 is 0 Å². The minimum Gasteiger partial charge on any atom is -0.393 e. The highest BCUT2D eigenvalue weighted by Crippen LogP contribution is 2.42. The molecule has 0 spiro atoms. The second-order valence-corrected chi connectivity index (χ2v) is 4.92. The molecule has 1 aliphatic carbocycles. The number of ether oxygens (including phenoxy) is 1. The second-order valence-electron chi connectivity index (χ2n) is 4.92. The number of benzene rings is 1. The zero-order chi connectivity index (χ0) is 12.7. The summed E-state index contributed by atoms with van der Waals surface area (Å²) < 4.78 is 4.78. The molecule has 3 heteroatoms. The van der Waals surface area contributed by atoms with Crippen molar-refractivity contribution in [1.82, 2.24) is 0 Å². The van der Waals surface area contributed by atoms with Crippen molar-refractivity contribution in [1.29, 1.82) is 0 Å². The van der Waals surface area contributed by atoms with Gasteiger partial charge in [0.2, 0.25) is 0 Å². The maximum Gasteiger partial charge on any atom is 0.318 e. The molecule has 0 radical (unpaired) electrons. The van der Waals surface area contributed by atoms with E-state index in [9.17, 15) is 9.59 Å². The Kier molecular flexibility index (Phi) is 2.54. The molecule has 0 aromatic heterocycles. The molecular weight excluding hydrogens is 228 g/mol. The Balaban J connectivity index is 2.05. The molecule has 0 N–H and O–H groups in total. The number of carbonyl (C=O) groups excluding carboxylic acids is 2. The number of carbonyl (C=O) groups is 2. The predicted molar refractivity (Wildman–Crippen MR) is 65.8 cm³/mol. The lowest BCUT2D eigenvalue weighted by molar-refractivity contribution is -0.153. The SMILES string of the molecule is Cc1ccccc1C1C=CCC2C(=O)OC(=O)C21. The van der Waals surface area contributed by atoms with Crippen LogP contribution < -0.4 is 0 Å². The summed E-state index contributed by atoms with van der Waals surface area (Å²) in [4.78, 5) is 23.4. The van der Waals surface area contributed by atoms with Gasteiger partial charge in [0.25, 0.3) is 0 Å². The van der Waals surface area contributed by atoms with Crippen molar-refractivity contribution >= 4 is 11.9 Å². The molecule has 1 heterocycles. The molecule has 1 fully saturated rings. The molecule has 1 aliphatic heterocycles. The monoisotopic (exact) mass is 242 g/mol. The minimum absolute atomic E-state index is 0.0381. The Morgan fingerprint density at radius 1 is 1.17 bits per heavy atom. The average molecular weight is 242 g/mol. The van der Waals surface area contributed by atoms with Gasteiger partial charge < -0.3 is 4.74 Å². The number of allylic oxidation sites excluding steroid dienone is 2. The molecule has 0 amide bonds. The van der Waals surface area contributed by atoms with Gasteiger partial charge in [-0.05, 0) is 24.5 Å². The normalized spacial score (nSPS) is 30.2. The van der Waals surface area contributed by atoms with Crippen molar-refractivity contribution in [2.45, 2.75) is 19.3 Å². The predicted octanol–water partition coefficient (Wildman–Crippen LogP) is 2.35. The number of aryl methyl sites for hydroxylation is 1. The van der Waals surface area contributed by atoms with E-state index in [1.165, 1.54) is 0 Å². The number of rotatable bonds is 1. The van der Waals surface area contributed by atoms with Gasteiger partial charge in [-0.3, -0.25) is 9.59 Å². The fraction of sp³-hybridized carbons (Fsp3) is 0.333. The van der Waals surface area contributed by atoms with Gasteiger partial charge in [0.05, 0.1) is 11.8 Å². The van der Waals surface area contributed by atoms with E-state index >= 15 is 0 Å². The van der Waals surface area contributed by atoms with E-state index in [1.54, 1.807) is 0 Å². The topological polar surface area (TPSA) is 43.4 Å². The number of esters is 2. The molecule has 2 aliphatic rings. The molecule has 1 aromatic carbocycles. The Hall–Kier alpha value is -1.90. The average Bonchev–Trinajstić information content (AvgIpc) is 2.66. The molecule has 0 bridgehead atoms. The first-order valence-corrected chi connectivity index (χ1v) is 6.16. The summed E-state index contributed by atoms with van der Waals surface area (Å²) >= 11 is 0. The van der Waals surface area contributed by atoms with E-state index in [-0.39, 0.29) is 29.7 Å². The van der Waals surface area contributed by atoms with Crippen molar-refractivity contribution in [3.05, 3.63) is 47.5 Å². The van der Waals surface area contributed by atoms with Crippen molar-refractivity contribution in [3.8, 4) is 0 Å².